The highest BCUT2D eigenvalue weighted by Crippen LogP contribution is 2.25. The van der Waals surface area contributed by atoms with E-state index in [1.165, 1.54) is 16.5 Å². The molecule has 1 amide bonds. The van der Waals surface area contributed by atoms with Crippen LogP contribution in [0.15, 0.2) is 30.5 Å². The molecule has 29 heavy (non-hydrogen) atoms. The van der Waals surface area contributed by atoms with Crippen LogP contribution in [0.4, 0.5) is 0 Å². The summed E-state index contributed by atoms with van der Waals surface area (Å²) < 4.78 is 7.70. The number of fused-ring (bicyclic) bond motifs is 1. The number of carbonyl (C=O) groups excluding carboxylic acids is 1. The predicted octanol–water partition coefficient (Wildman–Crippen LogP) is 2.32. The van der Waals surface area contributed by atoms with Gasteiger partial charge >= 0.3 is 0 Å². The predicted molar refractivity (Wildman–Crippen MR) is 116 cm³/mol. The average Bonchev–Trinajstić information content (AvgIpc) is 3.12. The molecule has 2 aliphatic heterocycles. The van der Waals surface area contributed by atoms with Crippen molar-refractivity contribution >= 4 is 16.8 Å². The largest absolute Gasteiger partial charge is 0.379 e. The van der Waals surface area contributed by atoms with Gasteiger partial charge in [0.1, 0.15) is 0 Å². The zero-order chi connectivity index (χ0) is 20.1. The monoisotopic (exact) mass is 398 g/mol. The molecule has 1 N–H and O–H groups in total. The maximum atomic E-state index is 12.5. The molecule has 6 heteroatoms. The number of hydrogen-bond donors (Lipinski definition) is 1. The summed E-state index contributed by atoms with van der Waals surface area (Å²) in [5, 5.41) is 4.51. The molecule has 0 bridgehead atoms. The van der Waals surface area contributed by atoms with Gasteiger partial charge in [-0.2, -0.15) is 0 Å². The Kier molecular flexibility index (Phi) is 6.85. The second kappa shape index (κ2) is 9.74. The molecule has 0 atom stereocenters. The van der Waals surface area contributed by atoms with Crippen molar-refractivity contribution in [1.82, 2.24) is 19.7 Å². The van der Waals surface area contributed by atoms with Crippen LogP contribution in [0.5, 0.6) is 0 Å². The van der Waals surface area contributed by atoms with Gasteiger partial charge in [-0.25, -0.2) is 0 Å². The lowest BCUT2D eigenvalue weighted by molar-refractivity contribution is -0.126. The number of carbonyl (C=O) groups is 1. The highest BCUT2D eigenvalue weighted by Gasteiger charge is 2.25. The number of aryl methyl sites for hydroxylation is 1. The number of piperidine rings is 1. The van der Waals surface area contributed by atoms with Crippen LogP contribution < -0.4 is 5.32 Å². The van der Waals surface area contributed by atoms with Crippen LogP contribution in [-0.4, -0.2) is 72.8 Å². The molecule has 0 radical (unpaired) electrons. The molecule has 2 aromatic rings. The van der Waals surface area contributed by atoms with Crippen molar-refractivity contribution in [2.75, 3.05) is 52.5 Å². The highest BCUT2D eigenvalue weighted by molar-refractivity contribution is 5.84. The van der Waals surface area contributed by atoms with Crippen LogP contribution in [-0.2, 0) is 22.6 Å². The second-order valence-corrected chi connectivity index (χ2v) is 8.25. The highest BCUT2D eigenvalue weighted by atomic mass is 16.5. The smallest absolute Gasteiger partial charge is 0.223 e. The first-order valence-corrected chi connectivity index (χ1v) is 11.1. The first kappa shape index (κ1) is 20.4. The Labute approximate surface area is 173 Å². The summed E-state index contributed by atoms with van der Waals surface area (Å²) in [6, 6.07) is 8.67. The third kappa shape index (κ3) is 5.00. The van der Waals surface area contributed by atoms with Gasteiger partial charge in [0.25, 0.3) is 0 Å². The Morgan fingerprint density at radius 3 is 2.62 bits per heavy atom. The first-order valence-electron chi connectivity index (χ1n) is 11.1. The number of benzene rings is 1. The summed E-state index contributed by atoms with van der Waals surface area (Å²) >= 11 is 0. The Balaban J connectivity index is 1.24. The molecule has 1 aromatic heterocycles. The van der Waals surface area contributed by atoms with Crippen LogP contribution >= 0.6 is 0 Å². The fourth-order valence-corrected chi connectivity index (χ4v) is 4.61. The molecule has 0 spiro atoms. The minimum Gasteiger partial charge on any atom is -0.379 e. The van der Waals surface area contributed by atoms with Crippen molar-refractivity contribution in [3.8, 4) is 0 Å². The Bertz CT molecular complexity index is 804. The van der Waals surface area contributed by atoms with Crippen molar-refractivity contribution in [3.63, 3.8) is 0 Å². The number of para-hydroxylation sites is 1. The lowest BCUT2D eigenvalue weighted by Crippen LogP contribution is -2.44. The molecular formula is C23H34N4O2. The second-order valence-electron chi connectivity index (χ2n) is 8.25. The summed E-state index contributed by atoms with van der Waals surface area (Å²) in [5.74, 6) is 0.397. The maximum absolute atomic E-state index is 12.5. The minimum atomic E-state index is 0.160. The van der Waals surface area contributed by atoms with E-state index in [9.17, 15) is 4.79 Å². The summed E-state index contributed by atoms with van der Waals surface area (Å²) in [6.07, 6.45) is 4.21. The maximum Gasteiger partial charge on any atom is 0.223 e. The van der Waals surface area contributed by atoms with Crippen LogP contribution in [0.3, 0.4) is 0 Å². The summed E-state index contributed by atoms with van der Waals surface area (Å²) in [6.45, 7) is 11.4. The molecule has 2 aliphatic rings. The van der Waals surface area contributed by atoms with Crippen LogP contribution in [0.25, 0.3) is 10.9 Å². The van der Waals surface area contributed by atoms with Gasteiger partial charge in [-0.1, -0.05) is 18.2 Å². The van der Waals surface area contributed by atoms with Gasteiger partial charge in [0.05, 0.1) is 13.2 Å². The van der Waals surface area contributed by atoms with Gasteiger partial charge in [0.15, 0.2) is 0 Å². The molecule has 6 nitrogen and oxygen atoms in total. The molecule has 0 saturated carbocycles. The number of amides is 1. The zero-order valence-electron chi connectivity index (χ0n) is 17.6. The van der Waals surface area contributed by atoms with E-state index in [0.717, 1.165) is 78.4 Å². The van der Waals surface area contributed by atoms with Crippen molar-refractivity contribution in [3.05, 3.63) is 36.0 Å². The summed E-state index contributed by atoms with van der Waals surface area (Å²) in [7, 11) is 0. The van der Waals surface area contributed by atoms with Crippen molar-refractivity contribution in [1.29, 1.82) is 0 Å². The standard InChI is InChI=1S/C23H34N4O2/c1-2-27-18-20(21-5-3-4-6-22(21)27)17-26-10-7-19(8-11-26)23(28)24-9-12-25-13-15-29-16-14-25/h3-6,18-19H,2,7-17H2,1H3,(H,24,28). The molecule has 1 aromatic carbocycles. The number of rotatable bonds is 7. The molecule has 4 rings (SSSR count). The number of ether oxygens (including phenoxy) is 1. The normalized spacial score (nSPS) is 19.6. The fourth-order valence-electron chi connectivity index (χ4n) is 4.61. The zero-order valence-corrected chi connectivity index (χ0v) is 17.6. The lowest BCUT2D eigenvalue weighted by Gasteiger charge is -2.31. The van der Waals surface area contributed by atoms with E-state index in [4.69, 9.17) is 4.74 Å². The molecule has 0 aliphatic carbocycles. The Hall–Kier alpha value is -1.89. The number of hydrogen-bond acceptors (Lipinski definition) is 4. The molecule has 2 saturated heterocycles. The number of aromatic nitrogens is 1. The Morgan fingerprint density at radius 2 is 1.86 bits per heavy atom. The number of nitrogens with zero attached hydrogens (tertiary/aromatic N) is 3. The summed E-state index contributed by atoms with van der Waals surface area (Å²) in [5.41, 5.74) is 2.72. The van der Waals surface area contributed by atoms with Crippen molar-refractivity contribution < 1.29 is 9.53 Å². The number of nitrogens with one attached hydrogen (secondary N) is 1. The number of likely N-dealkylation sites (tertiary alicyclic amines) is 1. The third-order valence-electron chi connectivity index (χ3n) is 6.40. The van der Waals surface area contributed by atoms with Gasteiger partial charge < -0.3 is 14.6 Å². The van der Waals surface area contributed by atoms with Crippen molar-refractivity contribution in [2.45, 2.75) is 32.9 Å². The lowest BCUT2D eigenvalue weighted by atomic mass is 9.95. The molecule has 158 valence electrons. The molecule has 2 fully saturated rings. The SMILES string of the molecule is CCn1cc(CN2CCC(C(=O)NCCN3CCOCC3)CC2)c2ccccc21. The van der Waals surface area contributed by atoms with E-state index in [0.29, 0.717) is 0 Å². The van der Waals surface area contributed by atoms with E-state index >= 15 is 0 Å². The number of morpholine rings is 1. The molecule has 0 unspecified atom stereocenters. The average molecular weight is 399 g/mol. The van der Waals surface area contributed by atoms with Crippen molar-refractivity contribution in [2.24, 2.45) is 5.92 Å². The van der Waals surface area contributed by atoms with Gasteiger partial charge in [-0.3, -0.25) is 14.6 Å². The third-order valence-corrected chi connectivity index (χ3v) is 6.40. The van der Waals surface area contributed by atoms with Crippen LogP contribution in [0.2, 0.25) is 0 Å². The molecular weight excluding hydrogens is 364 g/mol. The quantitative estimate of drug-likeness (QED) is 0.778. The minimum absolute atomic E-state index is 0.160. The molecule has 3 heterocycles. The van der Waals surface area contributed by atoms with Gasteiger partial charge in [-0.05, 0) is 44.5 Å². The summed E-state index contributed by atoms with van der Waals surface area (Å²) in [4.78, 5) is 17.4. The van der Waals surface area contributed by atoms with Gasteiger partial charge in [-0.15, -0.1) is 0 Å². The van der Waals surface area contributed by atoms with E-state index in [1.807, 2.05) is 0 Å². The fraction of sp³-hybridized carbons (Fsp3) is 0.609. The first-order chi connectivity index (χ1) is 14.2. The van der Waals surface area contributed by atoms with E-state index in [-0.39, 0.29) is 11.8 Å². The Morgan fingerprint density at radius 1 is 1.10 bits per heavy atom. The van der Waals surface area contributed by atoms with E-state index in [1.54, 1.807) is 0 Å². The van der Waals surface area contributed by atoms with Gasteiger partial charge in [0.2, 0.25) is 5.91 Å². The van der Waals surface area contributed by atoms with Gasteiger partial charge in [0, 0.05) is 62.3 Å². The van der Waals surface area contributed by atoms with Crippen LogP contribution in [0, 0.1) is 5.92 Å². The topological polar surface area (TPSA) is 49.7 Å². The van der Waals surface area contributed by atoms with E-state index < -0.39 is 0 Å². The van der Waals surface area contributed by atoms with Crippen LogP contribution in [0.1, 0.15) is 25.3 Å². The van der Waals surface area contributed by atoms with E-state index in [2.05, 4.69) is 57.1 Å².